The third kappa shape index (κ3) is 6.78. The molecule has 1 aromatic carbocycles. The van der Waals surface area contributed by atoms with Gasteiger partial charge in [-0.1, -0.05) is 24.3 Å². The van der Waals surface area contributed by atoms with Crippen LogP contribution in [-0.2, 0) is 31.3 Å². The van der Waals surface area contributed by atoms with Crippen molar-refractivity contribution in [2.75, 3.05) is 13.1 Å². The van der Waals surface area contributed by atoms with E-state index in [0.29, 0.717) is 11.1 Å². The molecule has 0 aromatic heterocycles. The van der Waals surface area contributed by atoms with Crippen molar-refractivity contribution in [3.05, 3.63) is 46.7 Å². The van der Waals surface area contributed by atoms with E-state index in [1.165, 1.54) is 4.90 Å². The Balaban J connectivity index is 1.62. The van der Waals surface area contributed by atoms with Gasteiger partial charge in [-0.15, -0.1) is 0 Å². The molecule has 1 aromatic rings. The highest BCUT2D eigenvalue weighted by Gasteiger charge is 2.43. The molecule has 0 spiro atoms. The molecule has 3 N–H and O–H groups in total. The van der Waals surface area contributed by atoms with Crippen molar-refractivity contribution in [1.29, 1.82) is 0 Å². The molecule has 1 aliphatic heterocycles. The zero-order valence-corrected chi connectivity index (χ0v) is 20.2. The van der Waals surface area contributed by atoms with Crippen LogP contribution in [0.15, 0.2) is 35.6 Å². The monoisotopic (exact) mass is 494 g/mol. The van der Waals surface area contributed by atoms with Gasteiger partial charge in [0.25, 0.3) is 11.8 Å². The van der Waals surface area contributed by atoms with Gasteiger partial charge in [-0.3, -0.25) is 14.4 Å². The molecule has 0 atom stereocenters. The van der Waals surface area contributed by atoms with Crippen LogP contribution in [0.5, 0.6) is 0 Å². The van der Waals surface area contributed by atoms with Crippen molar-refractivity contribution < 1.29 is 38.1 Å². The van der Waals surface area contributed by atoms with Crippen molar-refractivity contribution >= 4 is 17.8 Å². The van der Waals surface area contributed by atoms with Crippen molar-refractivity contribution in [3.8, 4) is 0 Å². The number of rotatable bonds is 6. The van der Waals surface area contributed by atoms with E-state index in [2.05, 4.69) is 5.32 Å². The first-order chi connectivity index (χ1) is 16.2. The first-order valence-electron chi connectivity index (χ1n) is 11.6. The Hall–Kier alpha value is -3.01. The lowest BCUT2D eigenvalue weighted by atomic mass is 9.78. The van der Waals surface area contributed by atoms with E-state index in [9.17, 15) is 33.4 Å². The summed E-state index contributed by atoms with van der Waals surface area (Å²) in [4.78, 5) is 38.7. The number of nitrogens with one attached hydrogen (secondary N) is 1. The predicted molar refractivity (Wildman–Crippen MR) is 122 cm³/mol. The summed E-state index contributed by atoms with van der Waals surface area (Å²) in [6.07, 6.45) is -0.733. The topological polar surface area (TPSA) is 116 Å². The number of carbonyl (C=O) groups is 3. The maximum atomic E-state index is 13.5. The molecule has 192 valence electrons. The van der Waals surface area contributed by atoms with Crippen LogP contribution in [0, 0.1) is 0 Å². The minimum atomic E-state index is -2.75. The highest BCUT2D eigenvalue weighted by atomic mass is 19.3. The molecule has 35 heavy (non-hydrogen) atoms. The average molecular weight is 495 g/mol. The highest BCUT2D eigenvalue weighted by Crippen LogP contribution is 2.43. The van der Waals surface area contributed by atoms with Gasteiger partial charge in [0.05, 0.1) is 5.60 Å². The van der Waals surface area contributed by atoms with E-state index >= 15 is 0 Å². The molecule has 0 unspecified atom stereocenters. The maximum absolute atomic E-state index is 13.5. The van der Waals surface area contributed by atoms with E-state index in [1.54, 1.807) is 45.0 Å². The molecule has 2 aliphatic rings. The summed E-state index contributed by atoms with van der Waals surface area (Å²) in [5, 5.41) is 23.3. The van der Waals surface area contributed by atoms with Gasteiger partial charge in [-0.2, -0.15) is 0 Å². The zero-order valence-electron chi connectivity index (χ0n) is 20.2. The summed E-state index contributed by atoms with van der Waals surface area (Å²) >= 11 is 0. The first-order valence-corrected chi connectivity index (χ1v) is 11.6. The maximum Gasteiger partial charge on any atom is 0.325 e. The average Bonchev–Trinajstić information content (AvgIpc) is 2.76. The van der Waals surface area contributed by atoms with Gasteiger partial charge in [-0.25, -0.2) is 8.78 Å². The molecular weight excluding hydrogens is 462 g/mol. The zero-order chi connectivity index (χ0) is 26.0. The van der Waals surface area contributed by atoms with Gasteiger partial charge in [0.1, 0.15) is 23.5 Å². The SMILES string of the molecule is CC(C)(C)OC(=O)CNC(=O)C1=C(O)CCN(Cc2ccc(C3(O)CCC(F)(F)CC3)cc2)C1=O. The van der Waals surface area contributed by atoms with Crippen LogP contribution < -0.4 is 5.32 Å². The molecular formula is C25H32F2N2O6. The van der Waals surface area contributed by atoms with Gasteiger partial charge >= 0.3 is 5.97 Å². The fourth-order valence-electron chi connectivity index (χ4n) is 4.21. The Kier molecular flexibility index (Phi) is 7.54. The third-order valence-electron chi connectivity index (χ3n) is 6.12. The number of aliphatic hydroxyl groups excluding tert-OH is 1. The largest absolute Gasteiger partial charge is 0.511 e. The molecule has 8 nitrogen and oxygen atoms in total. The number of esters is 1. The second kappa shape index (κ2) is 9.93. The van der Waals surface area contributed by atoms with E-state index < -0.39 is 47.0 Å². The number of hydrogen-bond donors (Lipinski definition) is 3. The van der Waals surface area contributed by atoms with E-state index in [-0.39, 0.29) is 51.0 Å². The molecule has 2 amide bonds. The summed E-state index contributed by atoms with van der Waals surface area (Å²) in [7, 11) is 0. The Bertz CT molecular complexity index is 1000. The van der Waals surface area contributed by atoms with Crippen LogP contribution in [-0.4, -0.2) is 57.5 Å². The van der Waals surface area contributed by atoms with Crippen molar-refractivity contribution in [1.82, 2.24) is 10.2 Å². The highest BCUT2D eigenvalue weighted by molar-refractivity contribution is 6.19. The fraction of sp³-hybridized carbons (Fsp3) is 0.560. The number of halogens is 2. The molecule has 0 radical (unpaired) electrons. The van der Waals surface area contributed by atoms with Crippen LogP contribution in [0.1, 0.15) is 64.0 Å². The number of carbonyl (C=O) groups excluding carboxylic acids is 3. The van der Waals surface area contributed by atoms with Crippen LogP contribution in [0.2, 0.25) is 0 Å². The lowest BCUT2D eigenvalue weighted by Gasteiger charge is -2.36. The molecule has 1 aliphatic carbocycles. The second-order valence-electron chi connectivity index (χ2n) is 10.2. The number of amides is 2. The minimum absolute atomic E-state index is 0.0319. The summed E-state index contributed by atoms with van der Waals surface area (Å²) < 4.78 is 32.1. The van der Waals surface area contributed by atoms with Crippen molar-refractivity contribution in [3.63, 3.8) is 0 Å². The number of ether oxygens (including phenoxy) is 1. The lowest BCUT2D eigenvalue weighted by Crippen LogP contribution is -2.43. The summed E-state index contributed by atoms with van der Waals surface area (Å²) in [6, 6.07) is 6.73. The Labute approximate surface area is 202 Å². The number of hydrogen-bond acceptors (Lipinski definition) is 6. The number of alkyl halides is 2. The number of nitrogens with zero attached hydrogens (tertiary/aromatic N) is 1. The molecule has 0 bridgehead atoms. The van der Waals surface area contributed by atoms with Gasteiger partial charge in [0.2, 0.25) is 5.92 Å². The number of benzene rings is 1. The van der Waals surface area contributed by atoms with Crippen molar-refractivity contribution in [2.45, 2.75) is 76.5 Å². The quantitative estimate of drug-likeness (QED) is 0.414. The molecule has 1 saturated carbocycles. The Morgan fingerprint density at radius 1 is 1.11 bits per heavy atom. The molecule has 1 fully saturated rings. The lowest BCUT2D eigenvalue weighted by molar-refractivity contribution is -0.154. The van der Waals surface area contributed by atoms with Crippen LogP contribution in [0.25, 0.3) is 0 Å². The third-order valence-corrected chi connectivity index (χ3v) is 6.12. The van der Waals surface area contributed by atoms with Gasteiger partial charge in [0.15, 0.2) is 0 Å². The number of aliphatic hydroxyl groups is 2. The molecule has 10 heteroatoms. The van der Waals surface area contributed by atoms with E-state index in [1.807, 2.05) is 0 Å². The molecule has 1 heterocycles. The fourth-order valence-corrected chi connectivity index (χ4v) is 4.21. The van der Waals surface area contributed by atoms with Crippen LogP contribution in [0.3, 0.4) is 0 Å². The van der Waals surface area contributed by atoms with Crippen molar-refractivity contribution in [2.24, 2.45) is 0 Å². The Morgan fingerprint density at radius 3 is 2.29 bits per heavy atom. The van der Waals surface area contributed by atoms with Gasteiger partial charge in [-0.05, 0) is 44.7 Å². The van der Waals surface area contributed by atoms with Crippen LogP contribution in [0.4, 0.5) is 8.78 Å². The van der Waals surface area contributed by atoms with E-state index in [4.69, 9.17) is 4.74 Å². The smallest absolute Gasteiger partial charge is 0.325 e. The predicted octanol–water partition coefficient (Wildman–Crippen LogP) is 3.09. The summed E-state index contributed by atoms with van der Waals surface area (Å²) in [5.74, 6) is -5.31. The van der Waals surface area contributed by atoms with Gasteiger partial charge in [0, 0.05) is 32.4 Å². The molecule has 0 saturated heterocycles. The second-order valence-corrected chi connectivity index (χ2v) is 10.2. The van der Waals surface area contributed by atoms with E-state index in [0.717, 1.165) is 0 Å². The van der Waals surface area contributed by atoms with Gasteiger partial charge < -0.3 is 25.2 Å². The summed E-state index contributed by atoms with van der Waals surface area (Å²) in [6.45, 7) is 4.94. The molecule has 3 rings (SSSR count). The first kappa shape index (κ1) is 26.6. The minimum Gasteiger partial charge on any atom is -0.511 e. The standard InChI is InChI=1S/C25H32F2N2O6/c1-23(2,3)35-19(31)14-28-21(32)20-18(30)8-13-29(22(20)33)15-16-4-6-17(7-5-16)24(34)9-11-25(26,27)12-10-24/h4-7,30,34H,8-15H2,1-3H3,(H,28,32). The van der Waals surface area contributed by atoms with Crippen LogP contribution >= 0.6 is 0 Å². The normalized spacial score (nSPS) is 19.9. The summed E-state index contributed by atoms with van der Waals surface area (Å²) in [5.41, 5.74) is -1.21. The Morgan fingerprint density at radius 2 is 1.71 bits per heavy atom.